The maximum Gasteiger partial charge on any atom is 0.490 e. The maximum absolute atomic E-state index is 13.0. The molecular weight excluding hydrogens is 537 g/mol. The van der Waals surface area contributed by atoms with Crippen molar-refractivity contribution < 1.29 is 27.9 Å². The Labute approximate surface area is 230 Å². The van der Waals surface area contributed by atoms with Gasteiger partial charge in [-0.25, -0.2) is 9.78 Å². The molecule has 0 spiro atoms. The van der Waals surface area contributed by atoms with Gasteiger partial charge in [-0.1, -0.05) is 44.0 Å². The first-order valence-electron chi connectivity index (χ1n) is 12.4. The molecular formula is C26H32ClF3N6O3. The van der Waals surface area contributed by atoms with E-state index in [1.165, 1.54) is 31.0 Å². The van der Waals surface area contributed by atoms with Crippen LogP contribution in [-0.4, -0.2) is 56.7 Å². The van der Waals surface area contributed by atoms with Gasteiger partial charge in [0.15, 0.2) is 5.82 Å². The van der Waals surface area contributed by atoms with Crippen LogP contribution in [0.3, 0.4) is 0 Å². The minimum Gasteiger partial charge on any atom is -0.475 e. The summed E-state index contributed by atoms with van der Waals surface area (Å²) in [5.41, 5.74) is 4.63. The molecule has 0 radical (unpaired) electrons. The summed E-state index contributed by atoms with van der Waals surface area (Å²) >= 11 is 6.27. The predicted molar refractivity (Wildman–Crippen MR) is 140 cm³/mol. The second-order valence-electron chi connectivity index (χ2n) is 9.72. The average Bonchev–Trinajstić information content (AvgIpc) is 2.86. The molecule has 1 aliphatic heterocycles. The minimum absolute atomic E-state index is 0.00192. The van der Waals surface area contributed by atoms with Gasteiger partial charge in [0.2, 0.25) is 5.82 Å². The normalized spacial score (nSPS) is 17.5. The van der Waals surface area contributed by atoms with Crippen LogP contribution in [0.4, 0.5) is 19.0 Å². The zero-order chi connectivity index (χ0) is 29.3. The highest BCUT2D eigenvalue weighted by molar-refractivity contribution is 6.32. The number of aliphatic carboxylic acids is 1. The zero-order valence-electron chi connectivity index (χ0n) is 22.2. The van der Waals surface area contributed by atoms with Gasteiger partial charge in [0.25, 0.3) is 5.91 Å². The van der Waals surface area contributed by atoms with E-state index in [1.54, 1.807) is 5.01 Å². The molecule has 2 aromatic rings. The van der Waals surface area contributed by atoms with Crippen LogP contribution in [0, 0.1) is 17.2 Å². The summed E-state index contributed by atoms with van der Waals surface area (Å²) in [7, 11) is 0. The van der Waals surface area contributed by atoms with Crippen molar-refractivity contribution in [2.45, 2.75) is 71.8 Å². The Morgan fingerprint density at radius 2 is 1.79 bits per heavy atom. The Hall–Kier alpha value is -3.43. The van der Waals surface area contributed by atoms with E-state index in [1.807, 2.05) is 44.2 Å². The predicted octanol–water partition coefficient (Wildman–Crippen LogP) is 5.21. The highest BCUT2D eigenvalue weighted by atomic mass is 35.5. The standard InChI is InChI=1S/C24H31ClN6O.C2HF3O2/c1-16(2)14-31(23-21(25)13-27-22(12-26)28-23)29-24(32)20-10-8-19(9-11-20)15-30-17(3)6-5-7-18(30)4;3-2(4,5)1(6)7/h8-11,13,16-18H,5-7,14-15H2,1-4H3,(H,29,32);(H,6,7). The number of benzene rings is 1. The van der Waals surface area contributed by atoms with E-state index in [4.69, 9.17) is 26.8 Å². The Morgan fingerprint density at radius 3 is 2.28 bits per heavy atom. The molecule has 0 bridgehead atoms. The first-order valence-corrected chi connectivity index (χ1v) is 12.8. The Balaban J connectivity index is 0.000000673. The number of hydrazine groups is 1. The monoisotopic (exact) mass is 568 g/mol. The van der Waals surface area contributed by atoms with Crippen molar-refractivity contribution in [3.63, 3.8) is 0 Å². The molecule has 1 fully saturated rings. The number of piperidine rings is 1. The van der Waals surface area contributed by atoms with E-state index < -0.39 is 12.1 Å². The molecule has 212 valence electrons. The number of hydrogen-bond acceptors (Lipinski definition) is 7. The van der Waals surface area contributed by atoms with Crippen molar-refractivity contribution in [3.05, 3.63) is 52.4 Å². The number of alkyl halides is 3. The molecule has 0 saturated carbocycles. The van der Waals surface area contributed by atoms with Gasteiger partial charge in [-0.05, 0) is 50.3 Å². The lowest BCUT2D eigenvalue weighted by Gasteiger charge is -2.39. The number of aromatic nitrogens is 2. The zero-order valence-corrected chi connectivity index (χ0v) is 22.9. The van der Waals surface area contributed by atoms with Crippen LogP contribution in [0.1, 0.15) is 68.7 Å². The van der Waals surface area contributed by atoms with Crippen molar-refractivity contribution in [3.8, 4) is 6.07 Å². The number of amides is 1. The van der Waals surface area contributed by atoms with E-state index in [2.05, 4.69) is 34.1 Å². The number of nitrogens with zero attached hydrogens (tertiary/aromatic N) is 5. The fourth-order valence-electron chi connectivity index (χ4n) is 4.10. The van der Waals surface area contributed by atoms with Crippen molar-refractivity contribution in [1.29, 1.82) is 5.26 Å². The number of anilines is 1. The Morgan fingerprint density at radius 1 is 1.23 bits per heavy atom. The smallest absolute Gasteiger partial charge is 0.475 e. The highest BCUT2D eigenvalue weighted by Gasteiger charge is 2.38. The third-order valence-electron chi connectivity index (χ3n) is 6.07. The van der Waals surface area contributed by atoms with Crippen LogP contribution in [-0.2, 0) is 11.3 Å². The number of rotatable bonds is 7. The maximum atomic E-state index is 13.0. The van der Waals surface area contributed by atoms with Gasteiger partial charge in [-0.2, -0.15) is 23.4 Å². The quantitative estimate of drug-likeness (QED) is 0.437. The van der Waals surface area contributed by atoms with Gasteiger partial charge in [-0.15, -0.1) is 0 Å². The molecule has 1 aromatic heterocycles. The van der Waals surface area contributed by atoms with E-state index in [-0.39, 0.29) is 22.7 Å². The van der Waals surface area contributed by atoms with Gasteiger partial charge in [-0.3, -0.25) is 20.1 Å². The average molecular weight is 569 g/mol. The molecule has 1 aromatic carbocycles. The van der Waals surface area contributed by atoms with Crippen LogP contribution >= 0.6 is 11.6 Å². The molecule has 39 heavy (non-hydrogen) atoms. The van der Waals surface area contributed by atoms with E-state index in [0.717, 1.165) is 6.54 Å². The largest absolute Gasteiger partial charge is 0.490 e. The first kappa shape index (κ1) is 31.8. The number of nitrogens with one attached hydrogen (secondary N) is 1. The van der Waals surface area contributed by atoms with Crippen molar-refractivity contribution in [2.24, 2.45) is 5.92 Å². The van der Waals surface area contributed by atoms with E-state index in [9.17, 15) is 18.0 Å². The molecule has 2 unspecified atom stereocenters. The van der Waals surface area contributed by atoms with Crippen LogP contribution < -0.4 is 10.4 Å². The van der Waals surface area contributed by atoms with Gasteiger partial charge >= 0.3 is 12.1 Å². The number of carboxylic acid groups (broad SMARTS) is 1. The number of hydrogen-bond donors (Lipinski definition) is 2. The van der Waals surface area contributed by atoms with Gasteiger partial charge in [0.1, 0.15) is 11.1 Å². The fraction of sp³-hybridized carbons (Fsp3) is 0.500. The van der Waals surface area contributed by atoms with E-state index >= 15 is 0 Å². The lowest BCUT2D eigenvalue weighted by Crippen LogP contribution is -2.45. The molecule has 13 heteroatoms. The summed E-state index contributed by atoms with van der Waals surface area (Å²) in [6.45, 7) is 9.99. The number of carbonyl (C=O) groups excluding carboxylic acids is 1. The third kappa shape index (κ3) is 9.67. The van der Waals surface area contributed by atoms with Gasteiger partial charge in [0, 0.05) is 30.7 Å². The summed E-state index contributed by atoms with van der Waals surface area (Å²) < 4.78 is 31.7. The number of nitriles is 1. The summed E-state index contributed by atoms with van der Waals surface area (Å²) in [6, 6.07) is 10.8. The molecule has 1 saturated heterocycles. The fourth-order valence-corrected chi connectivity index (χ4v) is 4.29. The number of likely N-dealkylation sites (tertiary alicyclic amines) is 1. The van der Waals surface area contributed by atoms with Crippen LogP contribution in [0.5, 0.6) is 0 Å². The summed E-state index contributed by atoms with van der Waals surface area (Å²) in [6.07, 6.45) is 0.0433. The van der Waals surface area contributed by atoms with Crippen molar-refractivity contribution in [1.82, 2.24) is 20.3 Å². The molecule has 1 aliphatic rings. The van der Waals surface area contributed by atoms with Crippen molar-refractivity contribution in [2.75, 3.05) is 11.6 Å². The summed E-state index contributed by atoms with van der Waals surface area (Å²) in [5.74, 6) is -2.48. The minimum atomic E-state index is -5.08. The molecule has 0 aliphatic carbocycles. The first-order chi connectivity index (χ1) is 18.2. The molecule has 1 amide bonds. The van der Waals surface area contributed by atoms with Gasteiger partial charge in [0.05, 0.1) is 6.20 Å². The lowest BCUT2D eigenvalue weighted by molar-refractivity contribution is -0.192. The molecule has 2 N–H and O–H groups in total. The van der Waals surface area contributed by atoms with Crippen LogP contribution in [0.15, 0.2) is 30.5 Å². The topological polar surface area (TPSA) is 122 Å². The number of halogens is 4. The lowest BCUT2D eigenvalue weighted by atomic mass is 9.96. The second kappa shape index (κ2) is 14.1. The molecule has 3 rings (SSSR count). The SMILES string of the molecule is CC(C)CN(NC(=O)c1ccc(CN2C(C)CCCC2C)cc1)c1nc(C#N)ncc1Cl.O=C(O)C(F)(F)F. The molecule has 2 atom stereocenters. The van der Waals surface area contributed by atoms with Crippen LogP contribution in [0.2, 0.25) is 5.02 Å². The summed E-state index contributed by atoms with van der Waals surface area (Å²) in [5, 5.41) is 18.1. The number of carbonyl (C=O) groups is 2. The third-order valence-corrected chi connectivity index (χ3v) is 6.33. The number of carboxylic acids is 1. The second-order valence-corrected chi connectivity index (χ2v) is 10.1. The van der Waals surface area contributed by atoms with E-state index in [0.29, 0.717) is 30.0 Å². The molecule has 2 heterocycles. The highest BCUT2D eigenvalue weighted by Crippen LogP contribution is 2.25. The molecule has 9 nitrogen and oxygen atoms in total. The Kier molecular flexibility index (Phi) is 11.5. The summed E-state index contributed by atoms with van der Waals surface area (Å²) in [4.78, 5) is 32.5. The van der Waals surface area contributed by atoms with Gasteiger partial charge < -0.3 is 5.11 Å². The van der Waals surface area contributed by atoms with Crippen molar-refractivity contribution >= 4 is 29.3 Å². The Bertz CT molecular complexity index is 1160. The van der Waals surface area contributed by atoms with Crippen LogP contribution in [0.25, 0.3) is 0 Å².